The second kappa shape index (κ2) is 7.54. The van der Waals surface area contributed by atoms with E-state index < -0.39 is 15.7 Å². The number of nitrogens with zero attached hydrogens (tertiary/aromatic N) is 1. The van der Waals surface area contributed by atoms with Crippen LogP contribution < -0.4 is 5.32 Å². The molecular formula is C19H17ClN2O4S. The fourth-order valence-corrected chi connectivity index (χ4v) is 3.72. The van der Waals surface area contributed by atoms with Gasteiger partial charge in [-0.2, -0.15) is 0 Å². The van der Waals surface area contributed by atoms with Gasteiger partial charge in [0.1, 0.15) is 17.0 Å². The summed E-state index contributed by atoms with van der Waals surface area (Å²) in [5.41, 5.74) is 2.28. The molecule has 1 N–H and O–H groups in total. The normalized spacial score (nSPS) is 11.4. The molecule has 27 heavy (non-hydrogen) atoms. The van der Waals surface area contributed by atoms with Gasteiger partial charge in [-0.05, 0) is 30.7 Å². The molecule has 1 aromatic heterocycles. The number of hydrogen-bond acceptors (Lipinski definition) is 5. The van der Waals surface area contributed by atoms with Crippen molar-refractivity contribution in [3.05, 3.63) is 70.4 Å². The smallest absolute Gasteiger partial charge is 0.261 e. The van der Waals surface area contributed by atoms with Gasteiger partial charge in [-0.15, -0.1) is 0 Å². The van der Waals surface area contributed by atoms with Crippen LogP contribution in [0.1, 0.15) is 21.7 Å². The zero-order valence-corrected chi connectivity index (χ0v) is 16.3. The van der Waals surface area contributed by atoms with Crippen LogP contribution in [0.3, 0.4) is 0 Å². The van der Waals surface area contributed by atoms with Crippen LogP contribution in [0.4, 0.5) is 5.69 Å². The van der Waals surface area contributed by atoms with Gasteiger partial charge >= 0.3 is 0 Å². The molecule has 6 nitrogen and oxygen atoms in total. The molecule has 0 aliphatic heterocycles. The third-order valence-corrected chi connectivity index (χ3v) is 5.02. The van der Waals surface area contributed by atoms with E-state index in [9.17, 15) is 13.2 Å². The summed E-state index contributed by atoms with van der Waals surface area (Å²) in [6, 6.07) is 13.7. The van der Waals surface area contributed by atoms with Crippen molar-refractivity contribution < 1.29 is 17.7 Å². The molecule has 3 rings (SSSR count). The number of halogens is 1. The summed E-state index contributed by atoms with van der Waals surface area (Å²) in [6.07, 6.45) is 1.16. The zero-order chi connectivity index (χ0) is 19.6. The van der Waals surface area contributed by atoms with Crippen LogP contribution >= 0.6 is 11.6 Å². The largest absolute Gasteiger partial charge is 0.360 e. The van der Waals surface area contributed by atoms with Crippen LogP contribution in [-0.2, 0) is 15.6 Å². The Labute approximate surface area is 162 Å². The van der Waals surface area contributed by atoms with E-state index in [-0.39, 0.29) is 11.3 Å². The van der Waals surface area contributed by atoms with Gasteiger partial charge in [0.05, 0.1) is 10.8 Å². The number of benzene rings is 2. The SMILES string of the molecule is Cc1onc(-c2ccccc2Cl)c1C(=O)Nc1cccc(CS(C)(=O)=O)c1. The highest BCUT2D eigenvalue weighted by atomic mass is 35.5. The number of sulfone groups is 1. The standard InChI is InChI=1S/C19H17ClN2O4S/c1-12-17(18(22-26-12)15-8-3-4-9-16(15)20)19(23)21-14-7-5-6-13(10-14)11-27(2,24)25/h3-10H,11H2,1-2H3,(H,21,23). The molecule has 1 heterocycles. The first-order valence-corrected chi connectivity index (χ1v) is 10.5. The molecule has 0 aliphatic rings. The molecule has 0 fully saturated rings. The average molecular weight is 405 g/mol. The van der Waals surface area contributed by atoms with Crippen LogP contribution in [0.5, 0.6) is 0 Å². The maximum absolute atomic E-state index is 12.8. The Morgan fingerprint density at radius 1 is 1.19 bits per heavy atom. The first-order chi connectivity index (χ1) is 12.7. The van der Waals surface area contributed by atoms with Crippen molar-refractivity contribution in [3.8, 4) is 11.3 Å². The molecule has 0 unspecified atom stereocenters. The van der Waals surface area contributed by atoms with Crippen molar-refractivity contribution in [1.82, 2.24) is 5.16 Å². The predicted molar refractivity (Wildman–Crippen MR) is 105 cm³/mol. The summed E-state index contributed by atoms with van der Waals surface area (Å²) in [7, 11) is -3.17. The number of hydrogen-bond donors (Lipinski definition) is 1. The number of aromatic nitrogens is 1. The van der Waals surface area contributed by atoms with E-state index in [2.05, 4.69) is 10.5 Å². The van der Waals surface area contributed by atoms with Gasteiger partial charge in [0, 0.05) is 17.5 Å². The Balaban J connectivity index is 1.91. The summed E-state index contributed by atoms with van der Waals surface area (Å²) in [4.78, 5) is 12.8. The van der Waals surface area contributed by atoms with Gasteiger partial charge < -0.3 is 9.84 Å². The molecule has 0 atom stereocenters. The van der Waals surface area contributed by atoms with E-state index in [4.69, 9.17) is 16.1 Å². The second-order valence-corrected chi connectivity index (χ2v) is 8.71. The lowest BCUT2D eigenvalue weighted by atomic mass is 10.1. The second-order valence-electron chi connectivity index (χ2n) is 6.17. The minimum Gasteiger partial charge on any atom is -0.360 e. The molecule has 2 aromatic carbocycles. The summed E-state index contributed by atoms with van der Waals surface area (Å²) in [5, 5.41) is 7.19. The maximum Gasteiger partial charge on any atom is 0.261 e. The molecular weight excluding hydrogens is 388 g/mol. The minimum absolute atomic E-state index is 0.103. The molecule has 0 spiro atoms. The Kier molecular flexibility index (Phi) is 5.34. The van der Waals surface area contributed by atoms with Crippen LogP contribution in [-0.4, -0.2) is 25.7 Å². The lowest BCUT2D eigenvalue weighted by Gasteiger charge is -2.08. The van der Waals surface area contributed by atoms with Crippen molar-refractivity contribution in [2.24, 2.45) is 0 Å². The maximum atomic E-state index is 12.8. The number of anilines is 1. The Bertz CT molecular complexity index is 1110. The molecule has 140 valence electrons. The summed E-state index contributed by atoms with van der Waals surface area (Å²) < 4.78 is 28.2. The van der Waals surface area contributed by atoms with Crippen molar-refractivity contribution in [2.75, 3.05) is 11.6 Å². The van der Waals surface area contributed by atoms with E-state index in [0.717, 1.165) is 6.26 Å². The number of aryl methyl sites for hydroxylation is 1. The lowest BCUT2D eigenvalue weighted by Crippen LogP contribution is -2.14. The number of amides is 1. The first kappa shape index (κ1) is 19.1. The highest BCUT2D eigenvalue weighted by Gasteiger charge is 2.23. The predicted octanol–water partition coefficient (Wildman–Crippen LogP) is 4.10. The molecule has 8 heteroatoms. The highest BCUT2D eigenvalue weighted by molar-refractivity contribution is 7.89. The van der Waals surface area contributed by atoms with Crippen molar-refractivity contribution >= 4 is 33.0 Å². The molecule has 1 amide bonds. The molecule has 0 bridgehead atoms. The fourth-order valence-electron chi connectivity index (χ4n) is 2.71. The molecule has 0 radical (unpaired) electrons. The zero-order valence-electron chi connectivity index (χ0n) is 14.7. The van der Waals surface area contributed by atoms with E-state index >= 15 is 0 Å². The molecule has 0 aliphatic carbocycles. The molecule has 0 saturated carbocycles. The van der Waals surface area contributed by atoms with Crippen molar-refractivity contribution in [2.45, 2.75) is 12.7 Å². The average Bonchev–Trinajstić information content (AvgIpc) is 2.95. The third-order valence-electron chi connectivity index (χ3n) is 3.83. The Morgan fingerprint density at radius 3 is 2.63 bits per heavy atom. The topological polar surface area (TPSA) is 89.3 Å². The van der Waals surface area contributed by atoms with E-state index in [1.165, 1.54) is 0 Å². The number of nitrogens with one attached hydrogen (secondary N) is 1. The van der Waals surface area contributed by atoms with Gasteiger partial charge in [0.25, 0.3) is 5.91 Å². The van der Waals surface area contributed by atoms with Crippen molar-refractivity contribution in [3.63, 3.8) is 0 Å². The summed E-state index contributed by atoms with van der Waals surface area (Å²) in [6.45, 7) is 1.64. The third kappa shape index (κ3) is 4.56. The number of carbonyl (C=O) groups is 1. The minimum atomic E-state index is -3.17. The Hall–Kier alpha value is -2.64. The molecule has 0 saturated heterocycles. The summed E-state index contributed by atoms with van der Waals surface area (Å²) >= 11 is 6.22. The van der Waals surface area contributed by atoms with E-state index in [1.807, 2.05) is 0 Å². The summed E-state index contributed by atoms with van der Waals surface area (Å²) in [5.74, 6) is -0.164. The van der Waals surface area contributed by atoms with Crippen LogP contribution in [0, 0.1) is 6.92 Å². The van der Waals surface area contributed by atoms with E-state index in [0.29, 0.717) is 33.3 Å². The van der Waals surface area contributed by atoms with Crippen molar-refractivity contribution in [1.29, 1.82) is 0 Å². The van der Waals surface area contributed by atoms with E-state index in [1.54, 1.807) is 55.5 Å². The van der Waals surface area contributed by atoms with Crippen LogP contribution in [0.2, 0.25) is 5.02 Å². The Morgan fingerprint density at radius 2 is 1.93 bits per heavy atom. The number of carbonyl (C=O) groups excluding carboxylic acids is 1. The van der Waals surface area contributed by atoms with Crippen LogP contribution in [0.15, 0.2) is 53.1 Å². The van der Waals surface area contributed by atoms with Gasteiger partial charge in [-0.1, -0.05) is 47.1 Å². The van der Waals surface area contributed by atoms with Gasteiger partial charge in [-0.3, -0.25) is 4.79 Å². The first-order valence-electron chi connectivity index (χ1n) is 8.04. The fraction of sp³-hybridized carbons (Fsp3) is 0.158. The lowest BCUT2D eigenvalue weighted by molar-refractivity contribution is 0.102. The highest BCUT2D eigenvalue weighted by Crippen LogP contribution is 2.31. The van der Waals surface area contributed by atoms with Gasteiger partial charge in [-0.25, -0.2) is 8.42 Å². The van der Waals surface area contributed by atoms with Crippen LogP contribution in [0.25, 0.3) is 11.3 Å². The number of rotatable bonds is 5. The van der Waals surface area contributed by atoms with Gasteiger partial charge in [0.15, 0.2) is 9.84 Å². The monoisotopic (exact) mass is 404 g/mol. The van der Waals surface area contributed by atoms with Gasteiger partial charge in [0.2, 0.25) is 0 Å². The quantitative estimate of drug-likeness (QED) is 0.691. The molecule has 3 aromatic rings.